The lowest BCUT2D eigenvalue weighted by atomic mass is 10.2. The smallest absolute Gasteiger partial charge is 0.253 e. The first-order valence-electron chi connectivity index (χ1n) is 9.02. The highest BCUT2D eigenvalue weighted by Gasteiger charge is 2.23. The third-order valence-electron chi connectivity index (χ3n) is 3.89. The number of nitrogens with zero attached hydrogens (tertiary/aromatic N) is 2. The molecule has 0 radical (unpaired) electrons. The van der Waals surface area contributed by atoms with Crippen molar-refractivity contribution in [2.75, 3.05) is 19.6 Å². The van der Waals surface area contributed by atoms with E-state index in [-0.39, 0.29) is 37.7 Å². The van der Waals surface area contributed by atoms with Gasteiger partial charge in [-0.15, -0.1) is 0 Å². The minimum atomic E-state index is -0.424. The molecule has 0 fully saturated rings. The molecule has 0 unspecified atom stereocenters. The second-order valence-electron chi connectivity index (χ2n) is 6.14. The molecule has 28 heavy (non-hydrogen) atoms. The van der Waals surface area contributed by atoms with E-state index >= 15 is 0 Å². The molecule has 0 spiro atoms. The summed E-state index contributed by atoms with van der Waals surface area (Å²) in [5.74, 6) is -1.37. The van der Waals surface area contributed by atoms with Crippen molar-refractivity contribution in [3.63, 3.8) is 0 Å². The average molecular weight is 385 g/mol. The number of carbonyl (C=O) groups excluding carboxylic acids is 4. The zero-order chi connectivity index (χ0) is 21.1. The van der Waals surface area contributed by atoms with Crippen LogP contribution in [-0.2, 0) is 19.2 Å². The number of hydrogen-bond donors (Lipinski definition) is 1. The Kier molecular flexibility index (Phi) is 9.36. The maximum absolute atomic E-state index is 12.5. The van der Waals surface area contributed by atoms with Gasteiger partial charge in [-0.05, 0) is 25.5 Å². The topological polar surface area (TPSA) is 86.8 Å². The molecule has 1 heterocycles. The molecule has 1 aliphatic rings. The summed E-state index contributed by atoms with van der Waals surface area (Å²) >= 11 is 0. The van der Waals surface area contributed by atoms with E-state index in [2.05, 4.69) is 18.5 Å². The van der Waals surface area contributed by atoms with Crippen LogP contribution < -0.4 is 5.32 Å². The molecule has 1 aliphatic heterocycles. The highest BCUT2D eigenvalue weighted by Crippen LogP contribution is 2.10. The monoisotopic (exact) mass is 385 g/mol. The number of amides is 4. The summed E-state index contributed by atoms with van der Waals surface area (Å²) in [5, 5.41) is 2.63. The van der Waals surface area contributed by atoms with Crippen molar-refractivity contribution in [3.05, 3.63) is 60.9 Å². The van der Waals surface area contributed by atoms with Crippen LogP contribution in [0.3, 0.4) is 0 Å². The summed E-state index contributed by atoms with van der Waals surface area (Å²) < 4.78 is 0. The third kappa shape index (κ3) is 7.19. The van der Waals surface area contributed by atoms with Crippen LogP contribution in [0.15, 0.2) is 60.9 Å². The summed E-state index contributed by atoms with van der Waals surface area (Å²) in [4.78, 5) is 49.8. The molecule has 0 aromatic carbocycles. The normalized spacial score (nSPS) is 13.6. The Morgan fingerprint density at radius 2 is 1.68 bits per heavy atom. The Labute approximate surface area is 165 Å². The van der Waals surface area contributed by atoms with Gasteiger partial charge in [-0.3, -0.25) is 24.1 Å². The molecular weight excluding hydrogens is 358 g/mol. The van der Waals surface area contributed by atoms with Crippen LogP contribution in [0.1, 0.15) is 26.7 Å². The molecular formula is C21H27N3O4. The van der Waals surface area contributed by atoms with Gasteiger partial charge in [0.05, 0.1) is 6.54 Å². The van der Waals surface area contributed by atoms with E-state index in [1.807, 2.05) is 26.0 Å². The molecule has 0 bridgehead atoms. The van der Waals surface area contributed by atoms with Gasteiger partial charge in [0.2, 0.25) is 11.8 Å². The first-order chi connectivity index (χ1) is 13.3. The van der Waals surface area contributed by atoms with Gasteiger partial charge in [-0.1, -0.05) is 31.4 Å². The highest BCUT2D eigenvalue weighted by molar-refractivity contribution is 6.13. The fourth-order valence-corrected chi connectivity index (χ4v) is 2.52. The van der Waals surface area contributed by atoms with E-state index in [1.165, 1.54) is 17.1 Å². The standard InChI is InChI=1S/C21H27N3O4/c1-5-7-16(3)15-24(17(4)8-6-2)21(28)11-13-22-18(25)12-14-23-19(26)9-10-20(23)27/h5-10H,3-4,11-15H2,1-2H3,(H,22,25). The van der Waals surface area contributed by atoms with E-state index in [9.17, 15) is 19.2 Å². The van der Waals surface area contributed by atoms with Crippen LogP contribution in [0.5, 0.6) is 0 Å². The van der Waals surface area contributed by atoms with Gasteiger partial charge < -0.3 is 10.2 Å². The Hall–Kier alpha value is -3.22. The molecule has 150 valence electrons. The minimum Gasteiger partial charge on any atom is -0.356 e. The molecule has 4 amide bonds. The largest absolute Gasteiger partial charge is 0.356 e. The highest BCUT2D eigenvalue weighted by atomic mass is 16.2. The summed E-state index contributed by atoms with van der Waals surface area (Å²) in [7, 11) is 0. The number of carbonyl (C=O) groups is 4. The van der Waals surface area contributed by atoms with Crippen LogP contribution in [0, 0.1) is 0 Å². The third-order valence-corrected chi connectivity index (χ3v) is 3.89. The number of allylic oxidation sites excluding steroid dienone is 3. The molecule has 0 saturated heterocycles. The predicted molar refractivity (Wildman–Crippen MR) is 108 cm³/mol. The Morgan fingerprint density at radius 3 is 2.25 bits per heavy atom. The Balaban J connectivity index is 2.48. The second kappa shape index (κ2) is 11.5. The van der Waals surface area contributed by atoms with Crippen LogP contribution in [-0.4, -0.2) is 53.1 Å². The van der Waals surface area contributed by atoms with Crippen LogP contribution in [0.2, 0.25) is 0 Å². The van der Waals surface area contributed by atoms with E-state index in [0.29, 0.717) is 12.2 Å². The van der Waals surface area contributed by atoms with Crippen molar-refractivity contribution in [1.29, 1.82) is 0 Å². The first-order valence-corrected chi connectivity index (χ1v) is 9.02. The summed E-state index contributed by atoms with van der Waals surface area (Å²) in [6.07, 6.45) is 9.61. The number of hydrogen-bond acceptors (Lipinski definition) is 4. The zero-order valence-electron chi connectivity index (χ0n) is 16.4. The Bertz CT molecular complexity index is 729. The van der Waals surface area contributed by atoms with E-state index in [4.69, 9.17) is 0 Å². The predicted octanol–water partition coefficient (Wildman–Crippen LogP) is 1.86. The van der Waals surface area contributed by atoms with Crippen molar-refractivity contribution < 1.29 is 19.2 Å². The quantitative estimate of drug-likeness (QED) is 0.434. The maximum Gasteiger partial charge on any atom is 0.253 e. The van der Waals surface area contributed by atoms with Gasteiger partial charge in [0.25, 0.3) is 11.8 Å². The maximum atomic E-state index is 12.5. The number of rotatable bonds is 11. The molecule has 0 aliphatic carbocycles. The summed E-state index contributed by atoms with van der Waals surface area (Å²) in [6, 6.07) is 0. The van der Waals surface area contributed by atoms with E-state index < -0.39 is 11.8 Å². The van der Waals surface area contributed by atoms with Crippen LogP contribution in [0.25, 0.3) is 0 Å². The van der Waals surface area contributed by atoms with Gasteiger partial charge in [-0.25, -0.2) is 0 Å². The minimum absolute atomic E-state index is 0.0118. The first kappa shape index (κ1) is 22.8. The Morgan fingerprint density at radius 1 is 1.07 bits per heavy atom. The number of nitrogens with one attached hydrogen (secondary N) is 1. The van der Waals surface area contributed by atoms with Crippen LogP contribution >= 0.6 is 0 Å². The molecule has 0 aromatic rings. The van der Waals surface area contributed by atoms with E-state index in [1.54, 1.807) is 12.2 Å². The SMILES string of the molecule is C=C(C=CC)CN(C(=C)C=CC)C(=O)CCNC(=O)CCN1C(=O)C=CC1=O. The van der Waals surface area contributed by atoms with Gasteiger partial charge in [0, 0.05) is 43.8 Å². The zero-order valence-corrected chi connectivity index (χ0v) is 16.4. The second-order valence-corrected chi connectivity index (χ2v) is 6.14. The molecule has 7 nitrogen and oxygen atoms in total. The molecule has 1 N–H and O–H groups in total. The van der Waals surface area contributed by atoms with Crippen molar-refractivity contribution >= 4 is 23.6 Å². The fraction of sp³-hybridized carbons (Fsp3) is 0.333. The fourth-order valence-electron chi connectivity index (χ4n) is 2.52. The van der Waals surface area contributed by atoms with E-state index in [0.717, 1.165) is 10.5 Å². The van der Waals surface area contributed by atoms with Crippen molar-refractivity contribution in [1.82, 2.24) is 15.1 Å². The lowest BCUT2D eigenvalue weighted by Crippen LogP contribution is -2.37. The van der Waals surface area contributed by atoms with Gasteiger partial charge in [-0.2, -0.15) is 0 Å². The van der Waals surface area contributed by atoms with Crippen molar-refractivity contribution in [2.24, 2.45) is 0 Å². The molecule has 1 rings (SSSR count). The van der Waals surface area contributed by atoms with Crippen molar-refractivity contribution in [2.45, 2.75) is 26.7 Å². The van der Waals surface area contributed by atoms with Gasteiger partial charge >= 0.3 is 0 Å². The molecule has 7 heteroatoms. The average Bonchev–Trinajstić information content (AvgIpc) is 2.96. The summed E-state index contributed by atoms with van der Waals surface area (Å²) in [5.41, 5.74) is 1.31. The molecule has 0 atom stereocenters. The van der Waals surface area contributed by atoms with Crippen molar-refractivity contribution in [3.8, 4) is 0 Å². The lowest BCUT2D eigenvalue weighted by Gasteiger charge is -2.23. The lowest BCUT2D eigenvalue weighted by molar-refractivity contribution is -0.137. The number of imide groups is 1. The van der Waals surface area contributed by atoms with Gasteiger partial charge in [0.1, 0.15) is 0 Å². The van der Waals surface area contributed by atoms with Crippen LogP contribution in [0.4, 0.5) is 0 Å². The van der Waals surface area contributed by atoms with Gasteiger partial charge in [0.15, 0.2) is 0 Å². The summed E-state index contributed by atoms with van der Waals surface area (Å²) in [6.45, 7) is 12.0. The molecule has 0 aromatic heterocycles. The molecule has 0 saturated carbocycles.